The molecule has 0 aromatic carbocycles. The van der Waals surface area contributed by atoms with Gasteiger partial charge in [0.15, 0.2) is 5.13 Å². The van der Waals surface area contributed by atoms with Gasteiger partial charge in [-0.25, -0.2) is 9.78 Å². The van der Waals surface area contributed by atoms with E-state index in [1.165, 1.54) is 0 Å². The molecule has 18 heavy (non-hydrogen) atoms. The molecule has 0 bridgehead atoms. The first kappa shape index (κ1) is 14.2. The number of anilines is 1. The molecular weight excluding hydrogens is 269 g/mol. The zero-order valence-electron chi connectivity index (χ0n) is 9.21. The zero-order valence-corrected chi connectivity index (χ0v) is 10.0. The molecule has 5 nitrogen and oxygen atoms in total. The molecule has 9 heteroatoms. The normalized spacial score (nSPS) is 12.6. The number of hydrogen-bond acceptors (Lipinski definition) is 4. The highest BCUT2D eigenvalue weighted by atomic mass is 32.1. The zero-order chi connectivity index (χ0) is 13.8. The van der Waals surface area contributed by atoms with Crippen molar-refractivity contribution in [3.05, 3.63) is 11.1 Å². The third-order valence-electron chi connectivity index (χ3n) is 1.78. The van der Waals surface area contributed by atoms with Crippen molar-refractivity contribution < 1.29 is 18.0 Å². The Morgan fingerprint density at radius 2 is 2.33 bits per heavy atom. The molecule has 1 rings (SSSR count). The molecule has 0 saturated heterocycles. The molecule has 0 spiro atoms. The molecular formula is C9H9F3N4OS. The summed E-state index contributed by atoms with van der Waals surface area (Å²) in [7, 11) is 0. The monoisotopic (exact) mass is 278 g/mol. The molecule has 0 unspecified atom stereocenters. The predicted molar refractivity (Wildman–Crippen MR) is 59.0 cm³/mol. The van der Waals surface area contributed by atoms with Gasteiger partial charge in [-0.15, -0.1) is 0 Å². The number of alkyl halides is 3. The molecule has 0 fully saturated rings. The third kappa shape index (κ3) is 4.21. The number of nitrogens with one attached hydrogen (secondary N) is 2. The summed E-state index contributed by atoms with van der Waals surface area (Å²) in [6.45, 7) is 1.60. The van der Waals surface area contributed by atoms with Crippen molar-refractivity contribution in [3.63, 3.8) is 0 Å². The SMILES string of the molecule is C[C@H](CC#N)NC(=O)Nc1ncc(C(F)(F)F)s1. The maximum absolute atomic E-state index is 12.3. The summed E-state index contributed by atoms with van der Waals surface area (Å²) < 4.78 is 36.8. The minimum atomic E-state index is -4.47. The van der Waals surface area contributed by atoms with Crippen molar-refractivity contribution >= 4 is 22.5 Å². The summed E-state index contributed by atoms with van der Waals surface area (Å²) >= 11 is 0.336. The average molecular weight is 278 g/mol. The lowest BCUT2D eigenvalue weighted by atomic mass is 10.3. The van der Waals surface area contributed by atoms with Crippen molar-refractivity contribution in [1.82, 2.24) is 10.3 Å². The van der Waals surface area contributed by atoms with Crippen LogP contribution in [0.15, 0.2) is 6.20 Å². The van der Waals surface area contributed by atoms with Crippen LogP contribution in [0.3, 0.4) is 0 Å². The Kier molecular flexibility index (Phi) is 4.49. The Balaban J connectivity index is 2.56. The number of nitriles is 1. The van der Waals surface area contributed by atoms with E-state index in [-0.39, 0.29) is 11.6 Å². The van der Waals surface area contributed by atoms with Crippen molar-refractivity contribution in [2.24, 2.45) is 0 Å². The van der Waals surface area contributed by atoms with E-state index in [0.717, 1.165) is 0 Å². The minimum absolute atomic E-state index is 0.110. The second-order valence-corrected chi connectivity index (χ2v) is 4.42. The van der Waals surface area contributed by atoms with E-state index >= 15 is 0 Å². The second kappa shape index (κ2) is 5.68. The van der Waals surface area contributed by atoms with Crippen LogP contribution in [0.5, 0.6) is 0 Å². The predicted octanol–water partition coefficient (Wildman–Crippen LogP) is 2.59. The quantitative estimate of drug-likeness (QED) is 0.892. The molecule has 1 atom stereocenters. The number of rotatable bonds is 3. The number of thiazole rings is 1. The van der Waals surface area contributed by atoms with E-state index in [4.69, 9.17) is 5.26 Å². The van der Waals surface area contributed by atoms with E-state index in [9.17, 15) is 18.0 Å². The van der Waals surface area contributed by atoms with Crippen molar-refractivity contribution in [2.75, 3.05) is 5.32 Å². The van der Waals surface area contributed by atoms with Gasteiger partial charge in [-0.05, 0) is 6.92 Å². The van der Waals surface area contributed by atoms with Gasteiger partial charge in [-0.2, -0.15) is 18.4 Å². The highest BCUT2D eigenvalue weighted by Crippen LogP contribution is 2.34. The van der Waals surface area contributed by atoms with Gasteiger partial charge < -0.3 is 5.32 Å². The summed E-state index contributed by atoms with van der Waals surface area (Å²) in [5.74, 6) is 0. The number of urea groups is 1. The van der Waals surface area contributed by atoms with Crippen molar-refractivity contribution in [1.29, 1.82) is 5.26 Å². The van der Waals surface area contributed by atoms with Crippen LogP contribution in [0.1, 0.15) is 18.2 Å². The molecule has 0 radical (unpaired) electrons. The summed E-state index contributed by atoms with van der Waals surface area (Å²) in [6.07, 6.45) is -3.71. The van der Waals surface area contributed by atoms with Crippen LogP contribution in [-0.2, 0) is 6.18 Å². The Hall–Kier alpha value is -1.82. The molecule has 2 N–H and O–H groups in total. The first-order valence-corrected chi connectivity index (χ1v) is 5.62. The maximum Gasteiger partial charge on any atom is 0.427 e. The molecule has 0 aliphatic heterocycles. The van der Waals surface area contributed by atoms with Crippen LogP contribution in [0, 0.1) is 11.3 Å². The van der Waals surface area contributed by atoms with E-state index in [1.807, 2.05) is 6.07 Å². The van der Waals surface area contributed by atoms with E-state index in [1.54, 1.807) is 6.92 Å². The van der Waals surface area contributed by atoms with Crippen LogP contribution in [-0.4, -0.2) is 17.1 Å². The maximum atomic E-state index is 12.3. The van der Waals surface area contributed by atoms with Crippen molar-refractivity contribution in [3.8, 4) is 6.07 Å². The second-order valence-electron chi connectivity index (χ2n) is 3.39. The van der Waals surface area contributed by atoms with Gasteiger partial charge in [-0.1, -0.05) is 11.3 Å². The van der Waals surface area contributed by atoms with Gasteiger partial charge in [0.05, 0.1) is 18.7 Å². The lowest BCUT2D eigenvalue weighted by molar-refractivity contribution is -0.134. The minimum Gasteiger partial charge on any atom is -0.334 e. The van der Waals surface area contributed by atoms with Gasteiger partial charge in [0.1, 0.15) is 4.88 Å². The molecule has 0 aliphatic carbocycles. The van der Waals surface area contributed by atoms with Crippen LogP contribution >= 0.6 is 11.3 Å². The molecule has 0 aliphatic rings. The number of hydrogen-bond donors (Lipinski definition) is 2. The highest BCUT2D eigenvalue weighted by Gasteiger charge is 2.33. The average Bonchev–Trinajstić information content (AvgIpc) is 2.65. The summed E-state index contributed by atoms with van der Waals surface area (Å²) in [5.41, 5.74) is 0. The van der Waals surface area contributed by atoms with E-state index in [0.29, 0.717) is 17.5 Å². The number of halogens is 3. The standard InChI is InChI=1S/C9H9F3N4OS/c1-5(2-3-13)15-7(17)16-8-14-4-6(18-8)9(10,11)12/h4-5H,2H2,1H3,(H2,14,15,16,17)/t5-/m1/s1. The molecule has 2 amide bonds. The molecule has 1 aromatic heterocycles. The smallest absolute Gasteiger partial charge is 0.334 e. The number of carbonyl (C=O) groups is 1. The fourth-order valence-electron chi connectivity index (χ4n) is 1.01. The van der Waals surface area contributed by atoms with Crippen LogP contribution in [0.25, 0.3) is 0 Å². The Morgan fingerprint density at radius 1 is 1.67 bits per heavy atom. The van der Waals surface area contributed by atoms with Gasteiger partial charge in [0.25, 0.3) is 0 Å². The Labute approximate surface area is 105 Å². The van der Waals surface area contributed by atoms with Gasteiger partial charge in [0, 0.05) is 6.04 Å². The summed E-state index contributed by atoms with van der Waals surface area (Å²) in [5, 5.41) is 12.8. The molecule has 0 saturated carbocycles. The van der Waals surface area contributed by atoms with Gasteiger partial charge in [0.2, 0.25) is 0 Å². The number of amides is 2. The number of carbonyl (C=O) groups excluding carboxylic acids is 1. The van der Waals surface area contributed by atoms with Crippen LogP contribution in [0.4, 0.5) is 23.1 Å². The van der Waals surface area contributed by atoms with Gasteiger partial charge >= 0.3 is 12.2 Å². The highest BCUT2D eigenvalue weighted by molar-refractivity contribution is 7.15. The third-order valence-corrected chi connectivity index (χ3v) is 2.74. The fourth-order valence-corrected chi connectivity index (χ4v) is 1.69. The number of nitrogens with zero attached hydrogens (tertiary/aromatic N) is 2. The van der Waals surface area contributed by atoms with Crippen molar-refractivity contribution in [2.45, 2.75) is 25.6 Å². The lowest BCUT2D eigenvalue weighted by Crippen LogP contribution is -2.35. The lowest BCUT2D eigenvalue weighted by Gasteiger charge is -2.09. The largest absolute Gasteiger partial charge is 0.427 e. The first-order chi connectivity index (χ1) is 8.32. The first-order valence-electron chi connectivity index (χ1n) is 4.80. The fraction of sp³-hybridized carbons (Fsp3) is 0.444. The molecule has 1 heterocycles. The molecule has 1 aromatic rings. The number of aromatic nitrogens is 1. The van der Waals surface area contributed by atoms with E-state index in [2.05, 4.69) is 15.6 Å². The Bertz CT molecular complexity index is 465. The van der Waals surface area contributed by atoms with Gasteiger partial charge in [-0.3, -0.25) is 5.32 Å². The summed E-state index contributed by atoms with van der Waals surface area (Å²) in [6, 6.07) is 0.771. The summed E-state index contributed by atoms with van der Waals surface area (Å²) in [4.78, 5) is 13.9. The Morgan fingerprint density at radius 3 is 2.83 bits per heavy atom. The van der Waals surface area contributed by atoms with Crippen LogP contribution in [0.2, 0.25) is 0 Å². The van der Waals surface area contributed by atoms with E-state index < -0.39 is 23.1 Å². The molecule has 98 valence electrons. The van der Waals surface area contributed by atoms with Crippen LogP contribution < -0.4 is 10.6 Å². The topological polar surface area (TPSA) is 77.8 Å².